The molecule has 0 aliphatic rings. The van der Waals surface area contributed by atoms with E-state index < -0.39 is 0 Å². The lowest BCUT2D eigenvalue weighted by Crippen LogP contribution is -1.96. The Morgan fingerprint density at radius 2 is 1.20 bits per heavy atom. The van der Waals surface area contributed by atoms with Crippen molar-refractivity contribution in [3.63, 3.8) is 0 Å². The Hall–Kier alpha value is -0.640. The highest BCUT2D eigenvalue weighted by Gasteiger charge is 1.87. The fraction of sp³-hybridized carbons (Fsp3) is 0.667. The highest BCUT2D eigenvalue weighted by molar-refractivity contribution is 4.81. The Bertz CT molecular complexity index is 146. The van der Waals surface area contributed by atoms with Crippen LogP contribution in [0.5, 0.6) is 0 Å². The molecule has 0 saturated heterocycles. The molecule has 0 unspecified atom stereocenters. The van der Waals surface area contributed by atoms with Gasteiger partial charge in [-0.2, -0.15) is 0 Å². The minimum atomic E-state index is 0.123. The zero-order valence-corrected chi connectivity index (χ0v) is 9.27. The van der Waals surface area contributed by atoms with Gasteiger partial charge in [-0.3, -0.25) is 0 Å². The minimum absolute atomic E-state index is 0.123. The normalized spacial score (nSPS) is 11.9. The Labute approximate surface area is 92.1 Å². The number of aliphatic hydroxyl groups is 2. The number of rotatable bonds is 10. The first-order valence-electron chi connectivity index (χ1n) is 5.51. The van der Waals surface area contributed by atoms with E-state index in [9.17, 15) is 0 Å². The molecule has 0 saturated carbocycles. The van der Waals surface area contributed by atoms with E-state index in [1.54, 1.807) is 12.2 Å². The largest absolute Gasteiger partial charge is 0.392 e. The second-order valence-corrected chi connectivity index (χ2v) is 3.20. The van der Waals surface area contributed by atoms with Crippen LogP contribution in [0.3, 0.4) is 0 Å². The topological polar surface area (TPSA) is 49.7 Å². The Balaban J connectivity index is 2.98. The van der Waals surface area contributed by atoms with Gasteiger partial charge in [-0.15, -0.1) is 0 Å². The van der Waals surface area contributed by atoms with E-state index in [1.807, 2.05) is 12.2 Å². The van der Waals surface area contributed by atoms with Gasteiger partial charge in [-0.05, 0) is 25.7 Å². The molecular formula is C12H22O3. The predicted octanol–water partition coefficient (Wildman–Crippen LogP) is 1.66. The maximum Gasteiger partial charge on any atom is 0.0612 e. The molecule has 0 atom stereocenters. The van der Waals surface area contributed by atoms with Crippen molar-refractivity contribution in [2.24, 2.45) is 0 Å². The highest BCUT2D eigenvalue weighted by Crippen LogP contribution is 1.95. The Kier molecular flexibility index (Phi) is 12.8. The molecule has 2 N–H and O–H groups in total. The summed E-state index contributed by atoms with van der Waals surface area (Å²) in [5.74, 6) is 0. The van der Waals surface area contributed by atoms with E-state index in [0.717, 1.165) is 38.9 Å². The summed E-state index contributed by atoms with van der Waals surface area (Å²) in [4.78, 5) is 0. The van der Waals surface area contributed by atoms with Crippen LogP contribution in [0.15, 0.2) is 24.3 Å². The molecule has 0 aromatic carbocycles. The van der Waals surface area contributed by atoms with Crippen LogP contribution < -0.4 is 0 Å². The van der Waals surface area contributed by atoms with Crippen molar-refractivity contribution in [1.82, 2.24) is 0 Å². The van der Waals surface area contributed by atoms with Crippen molar-refractivity contribution in [1.29, 1.82) is 0 Å². The number of ether oxygens (including phenoxy) is 1. The predicted molar refractivity (Wildman–Crippen MR) is 61.7 cm³/mol. The van der Waals surface area contributed by atoms with E-state index in [1.165, 1.54) is 0 Å². The average Bonchev–Trinajstić information content (AvgIpc) is 2.26. The molecule has 0 bridgehead atoms. The van der Waals surface area contributed by atoms with Crippen LogP contribution in [0.1, 0.15) is 25.7 Å². The van der Waals surface area contributed by atoms with Gasteiger partial charge in [0.15, 0.2) is 0 Å². The van der Waals surface area contributed by atoms with Crippen molar-refractivity contribution in [3.8, 4) is 0 Å². The number of aliphatic hydroxyl groups excluding tert-OH is 2. The van der Waals surface area contributed by atoms with Gasteiger partial charge in [0.1, 0.15) is 0 Å². The maximum absolute atomic E-state index is 8.47. The lowest BCUT2D eigenvalue weighted by molar-refractivity contribution is 0.130. The molecule has 0 rings (SSSR count). The summed E-state index contributed by atoms with van der Waals surface area (Å²) in [5.41, 5.74) is 0. The van der Waals surface area contributed by atoms with Gasteiger partial charge in [0.2, 0.25) is 0 Å². The maximum atomic E-state index is 8.47. The third kappa shape index (κ3) is 13.4. The molecule has 88 valence electrons. The van der Waals surface area contributed by atoms with Gasteiger partial charge in [0.25, 0.3) is 0 Å². The summed E-state index contributed by atoms with van der Waals surface area (Å²) in [5, 5.41) is 16.9. The molecule has 0 amide bonds. The molecule has 0 heterocycles. The molecule has 0 aromatic heterocycles. The van der Waals surface area contributed by atoms with Crippen molar-refractivity contribution >= 4 is 0 Å². The fourth-order valence-corrected chi connectivity index (χ4v) is 1.09. The van der Waals surface area contributed by atoms with Gasteiger partial charge < -0.3 is 14.9 Å². The summed E-state index contributed by atoms with van der Waals surface area (Å²) < 4.78 is 5.40. The fourth-order valence-electron chi connectivity index (χ4n) is 1.09. The number of hydrogen-bond acceptors (Lipinski definition) is 3. The van der Waals surface area contributed by atoms with Crippen LogP contribution >= 0.6 is 0 Å². The standard InChI is InChI=1S/C12H22O3/c13-9-5-1-3-7-11-15-12-8-4-2-6-10-14/h1-2,5-6,13-14H,3-4,7-12H2. The van der Waals surface area contributed by atoms with E-state index >= 15 is 0 Å². The van der Waals surface area contributed by atoms with Crippen molar-refractivity contribution in [2.75, 3.05) is 26.4 Å². The molecule has 0 fully saturated rings. The first-order valence-corrected chi connectivity index (χ1v) is 5.51. The molecule has 15 heavy (non-hydrogen) atoms. The highest BCUT2D eigenvalue weighted by atomic mass is 16.5. The molecule has 3 heteroatoms. The van der Waals surface area contributed by atoms with Gasteiger partial charge in [0.05, 0.1) is 13.2 Å². The molecule has 3 nitrogen and oxygen atoms in total. The van der Waals surface area contributed by atoms with Gasteiger partial charge >= 0.3 is 0 Å². The smallest absolute Gasteiger partial charge is 0.0612 e. The van der Waals surface area contributed by atoms with E-state index in [-0.39, 0.29) is 13.2 Å². The summed E-state index contributed by atoms with van der Waals surface area (Å²) in [6.07, 6.45) is 11.4. The number of unbranched alkanes of at least 4 members (excludes halogenated alkanes) is 2. The molecule has 0 aliphatic carbocycles. The Morgan fingerprint density at radius 1 is 0.733 bits per heavy atom. The summed E-state index contributed by atoms with van der Waals surface area (Å²) in [7, 11) is 0. The van der Waals surface area contributed by atoms with Crippen LogP contribution in [0, 0.1) is 0 Å². The van der Waals surface area contributed by atoms with E-state index in [0.29, 0.717) is 0 Å². The van der Waals surface area contributed by atoms with Crippen LogP contribution in [-0.4, -0.2) is 36.6 Å². The molecule has 0 spiro atoms. The molecule has 0 aromatic rings. The zero-order chi connectivity index (χ0) is 11.2. The molecule has 0 radical (unpaired) electrons. The Morgan fingerprint density at radius 3 is 1.60 bits per heavy atom. The van der Waals surface area contributed by atoms with Crippen LogP contribution in [0.25, 0.3) is 0 Å². The third-order valence-corrected chi connectivity index (χ3v) is 1.86. The SMILES string of the molecule is OCC=CCCCOCCCC=CCO. The summed E-state index contributed by atoms with van der Waals surface area (Å²) in [6.45, 7) is 1.80. The lowest BCUT2D eigenvalue weighted by Gasteiger charge is -2.00. The summed E-state index contributed by atoms with van der Waals surface area (Å²) >= 11 is 0. The van der Waals surface area contributed by atoms with E-state index in [4.69, 9.17) is 14.9 Å². The van der Waals surface area contributed by atoms with Gasteiger partial charge in [0, 0.05) is 13.2 Å². The minimum Gasteiger partial charge on any atom is -0.392 e. The first-order chi connectivity index (χ1) is 7.41. The van der Waals surface area contributed by atoms with Crippen molar-refractivity contribution in [3.05, 3.63) is 24.3 Å². The van der Waals surface area contributed by atoms with E-state index in [2.05, 4.69) is 0 Å². The first kappa shape index (κ1) is 14.4. The number of allylic oxidation sites excluding steroid dienone is 2. The number of hydrogen-bond donors (Lipinski definition) is 2. The van der Waals surface area contributed by atoms with Crippen molar-refractivity contribution < 1.29 is 14.9 Å². The van der Waals surface area contributed by atoms with Gasteiger partial charge in [-0.25, -0.2) is 0 Å². The van der Waals surface area contributed by atoms with Crippen LogP contribution in [0.2, 0.25) is 0 Å². The second kappa shape index (κ2) is 13.4. The third-order valence-electron chi connectivity index (χ3n) is 1.86. The van der Waals surface area contributed by atoms with Gasteiger partial charge in [-0.1, -0.05) is 24.3 Å². The zero-order valence-electron chi connectivity index (χ0n) is 9.27. The lowest BCUT2D eigenvalue weighted by atomic mass is 10.3. The van der Waals surface area contributed by atoms with Crippen LogP contribution in [-0.2, 0) is 4.74 Å². The molecule has 0 aliphatic heterocycles. The second-order valence-electron chi connectivity index (χ2n) is 3.20. The molecular weight excluding hydrogens is 192 g/mol. The average molecular weight is 214 g/mol. The summed E-state index contributed by atoms with van der Waals surface area (Å²) in [6, 6.07) is 0. The monoisotopic (exact) mass is 214 g/mol. The van der Waals surface area contributed by atoms with Crippen LogP contribution in [0.4, 0.5) is 0 Å². The quantitative estimate of drug-likeness (QED) is 0.429. The van der Waals surface area contributed by atoms with Crippen molar-refractivity contribution in [2.45, 2.75) is 25.7 Å².